The number of anilines is 2. The molecule has 0 fully saturated rings. The van der Waals surface area contributed by atoms with Crippen molar-refractivity contribution in [2.45, 2.75) is 32.2 Å². The fourth-order valence-electron chi connectivity index (χ4n) is 2.11. The van der Waals surface area contributed by atoms with E-state index in [4.69, 9.17) is 5.73 Å². The topological polar surface area (TPSA) is 84.1 Å². The highest BCUT2D eigenvalue weighted by Gasteiger charge is 2.26. The van der Waals surface area contributed by atoms with Crippen LogP contribution in [0.2, 0.25) is 0 Å². The highest BCUT2D eigenvalue weighted by molar-refractivity contribution is 5.90. The fourth-order valence-corrected chi connectivity index (χ4v) is 2.11. The predicted molar refractivity (Wildman–Crippen MR) is 78.0 cm³/mol. The maximum absolute atomic E-state index is 9.63. The minimum absolute atomic E-state index is 0.0699. The van der Waals surface area contributed by atoms with Crippen molar-refractivity contribution in [3.63, 3.8) is 0 Å². The molecule has 5 heteroatoms. The summed E-state index contributed by atoms with van der Waals surface area (Å²) in [6, 6.07) is 5.55. The lowest BCUT2D eigenvalue weighted by molar-refractivity contribution is 0.202. The second-order valence-corrected chi connectivity index (χ2v) is 4.77. The first-order valence-electron chi connectivity index (χ1n) is 6.53. The van der Waals surface area contributed by atoms with E-state index in [2.05, 4.69) is 15.3 Å². The number of nitrogens with zero attached hydrogens (tertiary/aromatic N) is 2. The summed E-state index contributed by atoms with van der Waals surface area (Å²) >= 11 is 0. The van der Waals surface area contributed by atoms with E-state index in [0.29, 0.717) is 5.69 Å². The smallest absolute Gasteiger partial charge is 0.137 e. The van der Waals surface area contributed by atoms with Gasteiger partial charge in [-0.15, -0.1) is 0 Å². The number of hydrogen-bond donors (Lipinski definition) is 3. The fraction of sp³-hybridized carbons (Fsp3) is 0.429. The Balaban J connectivity index is 2.45. The van der Waals surface area contributed by atoms with Crippen LogP contribution in [-0.4, -0.2) is 27.2 Å². The number of fused-ring (bicyclic) bond motifs is 1. The van der Waals surface area contributed by atoms with E-state index in [1.807, 2.05) is 32.0 Å². The molecule has 0 spiro atoms. The van der Waals surface area contributed by atoms with Crippen molar-refractivity contribution >= 4 is 22.4 Å². The summed E-state index contributed by atoms with van der Waals surface area (Å²) in [5, 5.41) is 13.9. The molecule has 0 bridgehead atoms. The molecule has 0 saturated carbocycles. The van der Waals surface area contributed by atoms with Crippen LogP contribution in [0.4, 0.5) is 11.5 Å². The molecule has 4 N–H and O–H groups in total. The molecule has 1 aromatic carbocycles. The van der Waals surface area contributed by atoms with Crippen LogP contribution in [-0.2, 0) is 0 Å². The zero-order chi connectivity index (χ0) is 13.9. The number of hydrogen-bond acceptors (Lipinski definition) is 5. The van der Waals surface area contributed by atoms with Crippen LogP contribution in [0.3, 0.4) is 0 Å². The van der Waals surface area contributed by atoms with E-state index >= 15 is 0 Å². The summed E-state index contributed by atoms with van der Waals surface area (Å²) in [6.45, 7) is 4.17. The van der Waals surface area contributed by atoms with Gasteiger partial charge in [0.25, 0.3) is 0 Å². The number of aliphatic hydroxyl groups excluding tert-OH is 1. The van der Waals surface area contributed by atoms with Gasteiger partial charge in [0.2, 0.25) is 0 Å². The second kappa shape index (κ2) is 5.40. The van der Waals surface area contributed by atoms with Crippen LogP contribution in [0.5, 0.6) is 0 Å². The summed E-state index contributed by atoms with van der Waals surface area (Å²) in [7, 11) is 0. The average Bonchev–Trinajstić information content (AvgIpc) is 2.44. The molecule has 1 aromatic heterocycles. The van der Waals surface area contributed by atoms with E-state index in [1.165, 1.54) is 6.33 Å². The molecular formula is C14H20N4O. The molecule has 102 valence electrons. The molecule has 1 heterocycles. The number of aromatic nitrogens is 2. The lowest BCUT2D eigenvalue weighted by Gasteiger charge is -2.31. The van der Waals surface area contributed by atoms with E-state index in [1.54, 1.807) is 0 Å². The molecule has 0 saturated heterocycles. The molecule has 0 radical (unpaired) electrons. The van der Waals surface area contributed by atoms with Crippen molar-refractivity contribution in [2.24, 2.45) is 0 Å². The summed E-state index contributed by atoms with van der Waals surface area (Å²) in [5.74, 6) is 0.739. The number of nitrogens with two attached hydrogens (primary N) is 1. The van der Waals surface area contributed by atoms with Gasteiger partial charge in [0.1, 0.15) is 12.1 Å². The standard InChI is InChI=1S/C14H20N4O/c1-3-14(4-2,8-19)18-13-11-6-5-10(15)7-12(11)16-9-17-13/h5-7,9,19H,3-4,8,15H2,1-2H3,(H,16,17,18). The quantitative estimate of drug-likeness (QED) is 0.717. The highest BCUT2D eigenvalue weighted by atomic mass is 16.3. The van der Waals surface area contributed by atoms with Gasteiger partial charge >= 0.3 is 0 Å². The first kappa shape index (κ1) is 13.5. The lowest BCUT2D eigenvalue weighted by atomic mass is 9.93. The monoisotopic (exact) mass is 260 g/mol. The van der Waals surface area contributed by atoms with Crippen molar-refractivity contribution in [3.05, 3.63) is 24.5 Å². The number of nitrogens with one attached hydrogen (secondary N) is 1. The third-order valence-corrected chi connectivity index (χ3v) is 3.70. The van der Waals surface area contributed by atoms with Crippen LogP contribution >= 0.6 is 0 Å². The molecule has 2 rings (SSSR count). The van der Waals surface area contributed by atoms with Gasteiger partial charge in [-0.3, -0.25) is 0 Å². The van der Waals surface area contributed by atoms with Crippen LogP contribution < -0.4 is 11.1 Å². The Labute approximate surface area is 112 Å². The van der Waals surface area contributed by atoms with E-state index < -0.39 is 0 Å². The second-order valence-electron chi connectivity index (χ2n) is 4.77. The van der Waals surface area contributed by atoms with Gasteiger partial charge in [-0.25, -0.2) is 9.97 Å². The number of aliphatic hydroxyl groups is 1. The van der Waals surface area contributed by atoms with Gasteiger partial charge in [-0.1, -0.05) is 13.8 Å². The maximum atomic E-state index is 9.63. The molecule has 19 heavy (non-hydrogen) atoms. The third-order valence-electron chi connectivity index (χ3n) is 3.70. The van der Waals surface area contributed by atoms with Crippen LogP contribution in [0.1, 0.15) is 26.7 Å². The van der Waals surface area contributed by atoms with Gasteiger partial charge in [0.05, 0.1) is 17.7 Å². The average molecular weight is 260 g/mol. The van der Waals surface area contributed by atoms with Gasteiger partial charge in [-0.05, 0) is 31.0 Å². The minimum Gasteiger partial charge on any atom is -0.399 e. The van der Waals surface area contributed by atoms with Gasteiger partial charge in [-0.2, -0.15) is 0 Å². The minimum atomic E-state index is -0.345. The normalized spacial score (nSPS) is 11.7. The first-order chi connectivity index (χ1) is 9.14. The summed E-state index contributed by atoms with van der Waals surface area (Å²) in [5.41, 5.74) is 6.89. The van der Waals surface area contributed by atoms with Crippen LogP contribution in [0.15, 0.2) is 24.5 Å². The maximum Gasteiger partial charge on any atom is 0.137 e. The largest absolute Gasteiger partial charge is 0.399 e. The van der Waals surface area contributed by atoms with Crippen LogP contribution in [0, 0.1) is 0 Å². The molecule has 0 aliphatic carbocycles. The molecule has 5 nitrogen and oxygen atoms in total. The molecule has 0 amide bonds. The van der Waals surface area contributed by atoms with E-state index in [9.17, 15) is 5.11 Å². The van der Waals surface area contributed by atoms with Crippen molar-refractivity contribution in [3.8, 4) is 0 Å². The number of benzene rings is 1. The first-order valence-corrected chi connectivity index (χ1v) is 6.53. The molecule has 2 aromatic rings. The van der Waals surface area contributed by atoms with Crippen molar-refractivity contribution in [1.29, 1.82) is 0 Å². The third kappa shape index (κ3) is 2.61. The lowest BCUT2D eigenvalue weighted by Crippen LogP contribution is -2.41. The Morgan fingerprint density at radius 3 is 2.63 bits per heavy atom. The Bertz CT molecular complexity index is 558. The Morgan fingerprint density at radius 2 is 2.00 bits per heavy atom. The Kier molecular flexibility index (Phi) is 3.85. The predicted octanol–water partition coefficient (Wildman–Crippen LogP) is 2.17. The zero-order valence-electron chi connectivity index (χ0n) is 11.3. The number of nitrogen functional groups attached to an aromatic ring is 1. The Hall–Kier alpha value is -1.88. The summed E-state index contributed by atoms with van der Waals surface area (Å²) in [4.78, 5) is 8.51. The van der Waals surface area contributed by atoms with Crippen molar-refractivity contribution in [2.75, 3.05) is 17.7 Å². The molecule has 0 aliphatic rings. The molecule has 0 aliphatic heterocycles. The molecule has 0 unspecified atom stereocenters. The van der Waals surface area contributed by atoms with Gasteiger partial charge in [0, 0.05) is 11.1 Å². The summed E-state index contributed by atoms with van der Waals surface area (Å²) in [6.07, 6.45) is 3.15. The van der Waals surface area contributed by atoms with Gasteiger partial charge in [0.15, 0.2) is 0 Å². The van der Waals surface area contributed by atoms with Crippen molar-refractivity contribution in [1.82, 2.24) is 9.97 Å². The molecular weight excluding hydrogens is 240 g/mol. The van der Waals surface area contributed by atoms with E-state index in [-0.39, 0.29) is 12.1 Å². The zero-order valence-corrected chi connectivity index (χ0v) is 11.3. The van der Waals surface area contributed by atoms with Crippen molar-refractivity contribution < 1.29 is 5.11 Å². The van der Waals surface area contributed by atoms with Gasteiger partial charge < -0.3 is 16.2 Å². The van der Waals surface area contributed by atoms with Crippen LogP contribution in [0.25, 0.3) is 10.9 Å². The Morgan fingerprint density at radius 1 is 1.26 bits per heavy atom. The molecule has 0 atom stereocenters. The van der Waals surface area contributed by atoms with E-state index in [0.717, 1.165) is 29.6 Å². The highest BCUT2D eigenvalue weighted by Crippen LogP contribution is 2.26. The SMILES string of the molecule is CCC(CC)(CO)Nc1ncnc2cc(N)ccc12. The number of rotatable bonds is 5. The summed E-state index contributed by atoms with van der Waals surface area (Å²) < 4.78 is 0.